The monoisotopic (exact) mass is 260 g/mol. The Morgan fingerprint density at radius 3 is 2.89 bits per heavy atom. The predicted molar refractivity (Wildman–Crippen MR) is 70.4 cm³/mol. The van der Waals surface area contributed by atoms with E-state index in [0.717, 1.165) is 11.3 Å². The van der Waals surface area contributed by atoms with E-state index in [-0.39, 0.29) is 12.6 Å². The second kappa shape index (κ2) is 6.04. The Morgan fingerprint density at radius 2 is 2.26 bits per heavy atom. The van der Waals surface area contributed by atoms with E-state index in [1.54, 1.807) is 17.8 Å². The molecule has 1 aromatic heterocycles. The molecule has 0 saturated carbocycles. The fourth-order valence-corrected chi connectivity index (χ4v) is 1.70. The van der Waals surface area contributed by atoms with E-state index in [4.69, 9.17) is 9.47 Å². The lowest BCUT2D eigenvalue weighted by Gasteiger charge is -2.10. The summed E-state index contributed by atoms with van der Waals surface area (Å²) in [5.74, 6) is 0.307. The molecule has 0 bridgehead atoms. The maximum absolute atomic E-state index is 11.2. The van der Waals surface area contributed by atoms with Crippen LogP contribution in [-0.4, -0.2) is 29.0 Å². The lowest BCUT2D eigenvalue weighted by atomic mass is 10.2. The minimum absolute atomic E-state index is 0.0736. The Hall–Kier alpha value is -2.30. The van der Waals surface area contributed by atoms with E-state index in [2.05, 4.69) is 5.10 Å². The van der Waals surface area contributed by atoms with E-state index in [1.165, 1.54) is 0 Å². The topological polar surface area (TPSA) is 53.4 Å². The SMILES string of the molecule is CCOC(=O)COc1ccc(-n2cccn2)cc1C. The van der Waals surface area contributed by atoms with Crippen molar-refractivity contribution in [1.82, 2.24) is 9.78 Å². The maximum atomic E-state index is 11.2. The molecule has 1 heterocycles. The van der Waals surface area contributed by atoms with Gasteiger partial charge >= 0.3 is 5.97 Å². The van der Waals surface area contributed by atoms with Crippen LogP contribution in [0.1, 0.15) is 12.5 Å². The highest BCUT2D eigenvalue weighted by Gasteiger charge is 2.06. The molecule has 5 nitrogen and oxygen atoms in total. The van der Waals surface area contributed by atoms with Crippen LogP contribution in [0.15, 0.2) is 36.7 Å². The van der Waals surface area contributed by atoms with Crippen LogP contribution >= 0.6 is 0 Å². The number of benzene rings is 1. The van der Waals surface area contributed by atoms with Crippen LogP contribution in [0, 0.1) is 6.92 Å². The van der Waals surface area contributed by atoms with E-state index in [9.17, 15) is 4.79 Å². The van der Waals surface area contributed by atoms with Crippen LogP contribution in [-0.2, 0) is 9.53 Å². The molecule has 5 heteroatoms. The molecular formula is C14H16N2O3. The zero-order valence-electron chi connectivity index (χ0n) is 11.0. The maximum Gasteiger partial charge on any atom is 0.344 e. The van der Waals surface area contributed by atoms with Crippen LogP contribution in [0.4, 0.5) is 0 Å². The predicted octanol–water partition coefficient (Wildman–Crippen LogP) is 2.12. The van der Waals surface area contributed by atoms with Crippen molar-refractivity contribution < 1.29 is 14.3 Å². The molecule has 19 heavy (non-hydrogen) atoms. The molecule has 0 aliphatic carbocycles. The quantitative estimate of drug-likeness (QED) is 0.773. The van der Waals surface area contributed by atoms with Crippen LogP contribution < -0.4 is 4.74 Å². The van der Waals surface area contributed by atoms with Gasteiger partial charge in [0.1, 0.15) is 5.75 Å². The van der Waals surface area contributed by atoms with Crippen molar-refractivity contribution >= 4 is 5.97 Å². The number of nitrogens with zero attached hydrogens (tertiary/aromatic N) is 2. The average Bonchev–Trinajstić information content (AvgIpc) is 2.91. The first kappa shape index (κ1) is 13.1. The summed E-state index contributed by atoms with van der Waals surface area (Å²) in [5, 5.41) is 4.16. The molecule has 0 unspecified atom stereocenters. The fraction of sp³-hybridized carbons (Fsp3) is 0.286. The van der Waals surface area contributed by atoms with Crippen molar-refractivity contribution in [3.63, 3.8) is 0 Å². The van der Waals surface area contributed by atoms with Gasteiger partial charge in [0.05, 0.1) is 12.3 Å². The molecule has 1 aromatic carbocycles. The van der Waals surface area contributed by atoms with Crippen molar-refractivity contribution in [1.29, 1.82) is 0 Å². The van der Waals surface area contributed by atoms with E-state index >= 15 is 0 Å². The highest BCUT2D eigenvalue weighted by atomic mass is 16.6. The van der Waals surface area contributed by atoms with Crippen LogP contribution in [0.2, 0.25) is 0 Å². The van der Waals surface area contributed by atoms with Gasteiger partial charge in [-0.05, 0) is 43.7 Å². The summed E-state index contributed by atoms with van der Waals surface area (Å²) in [6.07, 6.45) is 3.59. The molecule has 2 aromatic rings. The number of aromatic nitrogens is 2. The number of carbonyl (C=O) groups is 1. The van der Waals surface area contributed by atoms with Crippen molar-refractivity contribution in [2.75, 3.05) is 13.2 Å². The number of hydrogen-bond donors (Lipinski definition) is 0. The third kappa shape index (κ3) is 3.34. The first-order valence-electron chi connectivity index (χ1n) is 6.10. The summed E-state index contributed by atoms with van der Waals surface area (Å²) >= 11 is 0. The molecule has 2 rings (SSSR count). The molecule has 0 amide bonds. The summed E-state index contributed by atoms with van der Waals surface area (Å²) in [6, 6.07) is 7.53. The van der Waals surface area contributed by atoms with Crippen molar-refractivity contribution in [3.8, 4) is 11.4 Å². The van der Waals surface area contributed by atoms with Crippen molar-refractivity contribution in [2.45, 2.75) is 13.8 Å². The molecule has 0 aliphatic rings. The second-order valence-electron chi connectivity index (χ2n) is 3.99. The second-order valence-corrected chi connectivity index (χ2v) is 3.99. The van der Waals surface area contributed by atoms with Gasteiger partial charge in [-0.3, -0.25) is 0 Å². The zero-order valence-corrected chi connectivity index (χ0v) is 11.0. The van der Waals surface area contributed by atoms with Gasteiger partial charge in [0.15, 0.2) is 6.61 Å². The number of rotatable bonds is 5. The standard InChI is InChI=1S/C14H16N2O3/c1-3-18-14(17)10-19-13-6-5-12(9-11(13)2)16-8-4-7-15-16/h4-9H,3,10H2,1-2H3. The summed E-state index contributed by atoms with van der Waals surface area (Å²) in [4.78, 5) is 11.2. The zero-order chi connectivity index (χ0) is 13.7. The molecule has 0 N–H and O–H groups in total. The molecule has 0 spiro atoms. The summed E-state index contributed by atoms with van der Waals surface area (Å²) in [6.45, 7) is 3.98. The number of aryl methyl sites for hydroxylation is 1. The van der Waals surface area contributed by atoms with Gasteiger partial charge in [0.25, 0.3) is 0 Å². The molecule has 100 valence electrons. The largest absolute Gasteiger partial charge is 0.482 e. The molecule has 0 radical (unpaired) electrons. The fourth-order valence-electron chi connectivity index (χ4n) is 1.70. The van der Waals surface area contributed by atoms with Gasteiger partial charge in [0.2, 0.25) is 0 Å². The minimum Gasteiger partial charge on any atom is -0.482 e. The Labute approximate surface area is 111 Å². The van der Waals surface area contributed by atoms with Gasteiger partial charge in [0, 0.05) is 12.4 Å². The van der Waals surface area contributed by atoms with Gasteiger partial charge < -0.3 is 9.47 Å². The Morgan fingerprint density at radius 1 is 1.42 bits per heavy atom. The molecule has 0 atom stereocenters. The third-order valence-corrected chi connectivity index (χ3v) is 2.58. The third-order valence-electron chi connectivity index (χ3n) is 2.58. The summed E-state index contributed by atoms with van der Waals surface area (Å²) < 4.78 is 12.0. The Kier molecular flexibility index (Phi) is 4.18. The van der Waals surface area contributed by atoms with Crippen LogP contribution in [0.25, 0.3) is 5.69 Å². The van der Waals surface area contributed by atoms with Crippen LogP contribution in [0.5, 0.6) is 5.75 Å². The smallest absolute Gasteiger partial charge is 0.344 e. The van der Waals surface area contributed by atoms with Crippen LogP contribution in [0.3, 0.4) is 0 Å². The number of hydrogen-bond acceptors (Lipinski definition) is 4. The molecule has 0 saturated heterocycles. The van der Waals surface area contributed by atoms with E-state index < -0.39 is 0 Å². The van der Waals surface area contributed by atoms with Gasteiger partial charge in [-0.2, -0.15) is 5.10 Å². The van der Waals surface area contributed by atoms with E-state index in [1.807, 2.05) is 37.4 Å². The lowest BCUT2D eigenvalue weighted by molar-refractivity contribution is -0.145. The molecular weight excluding hydrogens is 244 g/mol. The number of esters is 1. The lowest BCUT2D eigenvalue weighted by Crippen LogP contribution is -2.15. The average molecular weight is 260 g/mol. The first-order chi connectivity index (χ1) is 9.20. The molecule has 0 fully saturated rings. The number of carbonyl (C=O) groups excluding carboxylic acids is 1. The minimum atomic E-state index is -0.363. The van der Waals surface area contributed by atoms with Gasteiger partial charge in [-0.1, -0.05) is 0 Å². The Balaban J connectivity index is 2.05. The normalized spacial score (nSPS) is 10.2. The highest BCUT2D eigenvalue weighted by molar-refractivity contribution is 5.71. The van der Waals surface area contributed by atoms with Gasteiger partial charge in [-0.15, -0.1) is 0 Å². The number of ether oxygens (including phenoxy) is 2. The first-order valence-corrected chi connectivity index (χ1v) is 6.10. The van der Waals surface area contributed by atoms with Gasteiger partial charge in [-0.25, -0.2) is 9.48 Å². The highest BCUT2D eigenvalue weighted by Crippen LogP contribution is 2.20. The summed E-state index contributed by atoms with van der Waals surface area (Å²) in [5.41, 5.74) is 1.89. The Bertz CT molecular complexity index is 550. The summed E-state index contributed by atoms with van der Waals surface area (Å²) in [7, 11) is 0. The van der Waals surface area contributed by atoms with E-state index in [0.29, 0.717) is 12.4 Å². The van der Waals surface area contributed by atoms with Crippen molar-refractivity contribution in [2.24, 2.45) is 0 Å². The van der Waals surface area contributed by atoms with Crippen molar-refractivity contribution in [3.05, 3.63) is 42.2 Å². The molecule has 0 aliphatic heterocycles.